The van der Waals surface area contributed by atoms with E-state index in [2.05, 4.69) is 5.32 Å². The van der Waals surface area contributed by atoms with Crippen molar-refractivity contribution in [3.05, 3.63) is 57.6 Å². The van der Waals surface area contributed by atoms with Crippen LogP contribution >= 0.6 is 23.2 Å². The van der Waals surface area contributed by atoms with E-state index >= 15 is 0 Å². The third kappa shape index (κ3) is 6.03. The van der Waals surface area contributed by atoms with Gasteiger partial charge in [-0.15, -0.1) is 0 Å². The summed E-state index contributed by atoms with van der Waals surface area (Å²) in [6.07, 6.45) is 6.48. The van der Waals surface area contributed by atoms with Gasteiger partial charge in [0.2, 0.25) is 0 Å². The molecule has 0 aromatic heterocycles. The average Bonchev–Trinajstić information content (AvgIpc) is 2.69. The number of ether oxygens (including phenoxy) is 2. The molecule has 3 rings (SSSR count). The molecule has 0 aliphatic heterocycles. The fraction of sp³-hybridized carbons (Fsp3) is 0.455. The molecular weight excluding hydrogens is 381 g/mol. The number of hydrogen-bond donors (Lipinski definition) is 1. The zero-order valence-electron chi connectivity index (χ0n) is 15.8. The maximum atomic E-state index is 6.53. The molecule has 1 aliphatic carbocycles. The Labute approximate surface area is 172 Å². The van der Waals surface area contributed by atoms with Crippen LogP contribution in [0.5, 0.6) is 11.5 Å². The van der Waals surface area contributed by atoms with Crippen LogP contribution in [0.2, 0.25) is 10.0 Å². The molecule has 0 saturated heterocycles. The highest BCUT2D eigenvalue weighted by Crippen LogP contribution is 2.34. The van der Waals surface area contributed by atoms with Crippen LogP contribution in [0.25, 0.3) is 0 Å². The lowest BCUT2D eigenvalue weighted by atomic mass is 9.95. The van der Waals surface area contributed by atoms with Crippen molar-refractivity contribution in [2.75, 3.05) is 6.61 Å². The van der Waals surface area contributed by atoms with Gasteiger partial charge in [-0.3, -0.25) is 0 Å². The van der Waals surface area contributed by atoms with E-state index in [0.29, 0.717) is 35.1 Å². The van der Waals surface area contributed by atoms with E-state index in [1.54, 1.807) is 0 Å². The van der Waals surface area contributed by atoms with Crippen LogP contribution in [-0.4, -0.2) is 12.6 Å². The van der Waals surface area contributed by atoms with E-state index in [1.165, 1.54) is 32.1 Å². The van der Waals surface area contributed by atoms with Gasteiger partial charge in [-0.2, -0.15) is 0 Å². The topological polar surface area (TPSA) is 30.5 Å². The zero-order valence-corrected chi connectivity index (χ0v) is 17.3. The molecule has 0 heterocycles. The molecule has 5 heteroatoms. The number of rotatable bonds is 8. The fourth-order valence-electron chi connectivity index (χ4n) is 3.40. The molecule has 27 heavy (non-hydrogen) atoms. The molecular formula is C22H27Cl2NO2. The number of halogens is 2. The monoisotopic (exact) mass is 407 g/mol. The largest absolute Gasteiger partial charge is 0.490 e. The minimum atomic E-state index is 0.438. The van der Waals surface area contributed by atoms with Gasteiger partial charge in [-0.25, -0.2) is 0 Å². The van der Waals surface area contributed by atoms with Crippen LogP contribution in [0.1, 0.15) is 50.2 Å². The zero-order chi connectivity index (χ0) is 19.1. The van der Waals surface area contributed by atoms with Crippen molar-refractivity contribution in [2.24, 2.45) is 0 Å². The van der Waals surface area contributed by atoms with Crippen molar-refractivity contribution < 1.29 is 9.47 Å². The fourth-order valence-corrected chi connectivity index (χ4v) is 3.74. The Kier molecular flexibility index (Phi) is 7.69. The van der Waals surface area contributed by atoms with Crippen LogP contribution in [-0.2, 0) is 13.2 Å². The molecule has 0 radical (unpaired) electrons. The second-order valence-corrected chi connectivity index (χ2v) is 7.80. The summed E-state index contributed by atoms with van der Waals surface area (Å²) in [6, 6.07) is 12.1. The van der Waals surface area contributed by atoms with Gasteiger partial charge in [0.1, 0.15) is 6.61 Å². The van der Waals surface area contributed by atoms with Crippen LogP contribution in [0.4, 0.5) is 0 Å². The van der Waals surface area contributed by atoms with Crippen molar-refractivity contribution in [1.82, 2.24) is 5.32 Å². The Morgan fingerprint density at radius 2 is 1.67 bits per heavy atom. The molecule has 1 N–H and O–H groups in total. The first-order valence-electron chi connectivity index (χ1n) is 9.71. The highest BCUT2D eigenvalue weighted by molar-refractivity contribution is 6.31. The van der Waals surface area contributed by atoms with Gasteiger partial charge < -0.3 is 14.8 Å². The summed E-state index contributed by atoms with van der Waals surface area (Å²) in [5.41, 5.74) is 2.09. The summed E-state index contributed by atoms with van der Waals surface area (Å²) >= 11 is 12.5. The van der Waals surface area contributed by atoms with Crippen LogP contribution < -0.4 is 14.8 Å². The van der Waals surface area contributed by atoms with Gasteiger partial charge in [0.15, 0.2) is 11.5 Å². The van der Waals surface area contributed by atoms with Crippen molar-refractivity contribution in [3.63, 3.8) is 0 Å². The van der Waals surface area contributed by atoms with E-state index in [1.807, 2.05) is 43.3 Å². The van der Waals surface area contributed by atoms with Crippen LogP contribution in [0.15, 0.2) is 36.4 Å². The first kappa shape index (κ1) is 20.3. The molecule has 0 atom stereocenters. The molecule has 0 unspecified atom stereocenters. The Hall–Kier alpha value is -1.42. The molecule has 146 valence electrons. The van der Waals surface area contributed by atoms with Gasteiger partial charge in [-0.1, -0.05) is 54.6 Å². The average molecular weight is 408 g/mol. The minimum Gasteiger partial charge on any atom is -0.490 e. The Balaban J connectivity index is 1.67. The summed E-state index contributed by atoms with van der Waals surface area (Å²) in [5, 5.41) is 5.05. The molecule has 2 aromatic rings. The Morgan fingerprint density at radius 3 is 2.37 bits per heavy atom. The summed E-state index contributed by atoms with van der Waals surface area (Å²) in [5.74, 6) is 1.40. The third-order valence-corrected chi connectivity index (χ3v) is 5.51. The van der Waals surface area contributed by atoms with Crippen molar-refractivity contribution in [2.45, 2.75) is 58.2 Å². The standard InChI is InChI=1S/C22H27Cl2NO2/c1-2-26-21-12-17(14-25-19-6-4-3-5-7-19)20(24)13-22(21)27-15-16-8-10-18(23)11-9-16/h8-13,19,25H,2-7,14-15H2,1H3. The predicted octanol–water partition coefficient (Wildman–Crippen LogP) is 6.39. The van der Waals surface area contributed by atoms with Crippen molar-refractivity contribution >= 4 is 23.2 Å². The summed E-state index contributed by atoms with van der Waals surface area (Å²) in [4.78, 5) is 0. The van der Waals surface area contributed by atoms with Gasteiger partial charge in [0, 0.05) is 28.7 Å². The highest BCUT2D eigenvalue weighted by Gasteiger charge is 2.15. The SMILES string of the molecule is CCOc1cc(CNC2CCCCC2)c(Cl)cc1OCc1ccc(Cl)cc1. The maximum Gasteiger partial charge on any atom is 0.163 e. The highest BCUT2D eigenvalue weighted by atomic mass is 35.5. The molecule has 0 spiro atoms. The molecule has 0 amide bonds. The second kappa shape index (κ2) is 10.2. The molecule has 1 saturated carbocycles. The van der Waals surface area contributed by atoms with E-state index < -0.39 is 0 Å². The summed E-state index contributed by atoms with van der Waals surface area (Å²) < 4.78 is 11.8. The Bertz CT molecular complexity index is 728. The number of hydrogen-bond acceptors (Lipinski definition) is 3. The van der Waals surface area contributed by atoms with Gasteiger partial charge >= 0.3 is 0 Å². The maximum absolute atomic E-state index is 6.53. The molecule has 1 aliphatic rings. The Morgan fingerprint density at radius 1 is 0.963 bits per heavy atom. The minimum absolute atomic E-state index is 0.438. The second-order valence-electron chi connectivity index (χ2n) is 6.95. The third-order valence-electron chi connectivity index (χ3n) is 4.91. The quantitative estimate of drug-likeness (QED) is 0.549. The first-order valence-corrected chi connectivity index (χ1v) is 10.5. The predicted molar refractivity (Wildman–Crippen MR) is 112 cm³/mol. The lowest BCUT2D eigenvalue weighted by Crippen LogP contribution is -2.30. The summed E-state index contributed by atoms with van der Waals surface area (Å²) in [7, 11) is 0. The van der Waals surface area contributed by atoms with Crippen LogP contribution in [0.3, 0.4) is 0 Å². The van der Waals surface area contributed by atoms with Crippen LogP contribution in [0, 0.1) is 0 Å². The molecule has 3 nitrogen and oxygen atoms in total. The van der Waals surface area contributed by atoms with E-state index in [4.69, 9.17) is 32.7 Å². The number of nitrogens with one attached hydrogen (secondary N) is 1. The van der Waals surface area contributed by atoms with Crippen molar-refractivity contribution in [1.29, 1.82) is 0 Å². The summed E-state index contributed by atoms with van der Waals surface area (Å²) in [6.45, 7) is 3.74. The van der Waals surface area contributed by atoms with Gasteiger partial charge in [0.05, 0.1) is 6.61 Å². The smallest absolute Gasteiger partial charge is 0.163 e. The first-order chi connectivity index (χ1) is 13.2. The van der Waals surface area contributed by atoms with E-state index in [-0.39, 0.29) is 0 Å². The van der Waals surface area contributed by atoms with E-state index in [9.17, 15) is 0 Å². The molecule has 0 bridgehead atoms. The normalized spacial score (nSPS) is 14.9. The number of benzene rings is 2. The van der Waals surface area contributed by atoms with Gasteiger partial charge in [-0.05, 0) is 49.1 Å². The van der Waals surface area contributed by atoms with E-state index in [0.717, 1.165) is 23.4 Å². The lowest BCUT2D eigenvalue weighted by Gasteiger charge is -2.23. The molecule has 1 fully saturated rings. The molecule has 2 aromatic carbocycles. The lowest BCUT2D eigenvalue weighted by molar-refractivity contribution is 0.269. The van der Waals surface area contributed by atoms with Crippen molar-refractivity contribution in [3.8, 4) is 11.5 Å². The van der Waals surface area contributed by atoms with Gasteiger partial charge in [0.25, 0.3) is 0 Å².